The first-order valence-electron chi connectivity index (χ1n) is 6.52. The van der Waals surface area contributed by atoms with Gasteiger partial charge in [-0.3, -0.25) is 4.79 Å². The molecule has 0 radical (unpaired) electrons. The lowest BCUT2D eigenvalue weighted by molar-refractivity contribution is -0.137. The SMILES string of the molecule is COc1cc(F)ccc1NC(=O)NCC(C)CCC(=O)O. The Bertz CT molecular complexity index is 508. The Morgan fingerprint density at radius 1 is 1.43 bits per heavy atom. The molecule has 0 spiro atoms. The van der Waals surface area contributed by atoms with Gasteiger partial charge in [-0.1, -0.05) is 6.92 Å². The lowest BCUT2D eigenvalue weighted by Gasteiger charge is -2.14. The van der Waals surface area contributed by atoms with Crippen molar-refractivity contribution in [3.63, 3.8) is 0 Å². The number of halogens is 1. The Morgan fingerprint density at radius 2 is 2.14 bits per heavy atom. The maximum atomic E-state index is 13.0. The number of anilines is 1. The third kappa shape index (κ3) is 6.11. The number of hydrogen-bond donors (Lipinski definition) is 3. The molecule has 3 N–H and O–H groups in total. The highest BCUT2D eigenvalue weighted by molar-refractivity contribution is 5.90. The number of aliphatic carboxylic acids is 1. The molecule has 1 atom stereocenters. The molecule has 0 aromatic heterocycles. The predicted octanol–water partition coefficient (Wildman–Crippen LogP) is 2.46. The van der Waals surface area contributed by atoms with Crippen molar-refractivity contribution in [3.05, 3.63) is 24.0 Å². The fourth-order valence-electron chi connectivity index (χ4n) is 1.67. The van der Waals surface area contributed by atoms with Gasteiger partial charge in [0.25, 0.3) is 0 Å². The second-order valence-corrected chi connectivity index (χ2v) is 4.72. The number of hydrogen-bond acceptors (Lipinski definition) is 3. The molecule has 0 aliphatic heterocycles. The molecule has 0 saturated heterocycles. The van der Waals surface area contributed by atoms with E-state index in [-0.39, 0.29) is 18.1 Å². The molecule has 0 heterocycles. The fourth-order valence-corrected chi connectivity index (χ4v) is 1.67. The van der Waals surface area contributed by atoms with Gasteiger partial charge in [0.05, 0.1) is 12.8 Å². The van der Waals surface area contributed by atoms with Crippen molar-refractivity contribution in [2.45, 2.75) is 19.8 Å². The van der Waals surface area contributed by atoms with Crippen LogP contribution in [0, 0.1) is 11.7 Å². The van der Waals surface area contributed by atoms with E-state index < -0.39 is 17.8 Å². The molecule has 0 bridgehead atoms. The van der Waals surface area contributed by atoms with Crippen LogP contribution < -0.4 is 15.4 Å². The van der Waals surface area contributed by atoms with Gasteiger partial charge >= 0.3 is 12.0 Å². The molecular formula is C14H19FN2O4. The zero-order valence-electron chi connectivity index (χ0n) is 12.0. The van der Waals surface area contributed by atoms with Crippen molar-refractivity contribution >= 4 is 17.7 Å². The molecule has 0 aliphatic carbocycles. The number of rotatable bonds is 7. The van der Waals surface area contributed by atoms with Gasteiger partial charge in [0.15, 0.2) is 0 Å². The Morgan fingerprint density at radius 3 is 2.76 bits per heavy atom. The fraction of sp³-hybridized carbons (Fsp3) is 0.429. The van der Waals surface area contributed by atoms with Crippen LogP contribution in [0.4, 0.5) is 14.9 Å². The third-order valence-electron chi connectivity index (χ3n) is 2.87. The van der Waals surface area contributed by atoms with Crippen molar-refractivity contribution in [2.75, 3.05) is 19.0 Å². The molecule has 1 aromatic carbocycles. The van der Waals surface area contributed by atoms with Crippen molar-refractivity contribution in [2.24, 2.45) is 5.92 Å². The van der Waals surface area contributed by atoms with Crippen LogP contribution in [0.1, 0.15) is 19.8 Å². The van der Waals surface area contributed by atoms with E-state index in [4.69, 9.17) is 9.84 Å². The lowest BCUT2D eigenvalue weighted by atomic mass is 10.1. The first kappa shape index (κ1) is 16.7. The Hall–Kier alpha value is -2.31. The summed E-state index contributed by atoms with van der Waals surface area (Å²) in [5.74, 6) is -1.05. The smallest absolute Gasteiger partial charge is 0.319 e. The summed E-state index contributed by atoms with van der Waals surface area (Å²) in [4.78, 5) is 22.2. The van der Waals surface area contributed by atoms with E-state index in [0.717, 1.165) is 0 Å². The van der Waals surface area contributed by atoms with Crippen LogP contribution in [-0.2, 0) is 4.79 Å². The summed E-state index contributed by atoms with van der Waals surface area (Å²) in [5.41, 5.74) is 0.356. The Balaban J connectivity index is 2.45. The minimum Gasteiger partial charge on any atom is -0.494 e. The second kappa shape index (κ2) is 8.08. The molecule has 21 heavy (non-hydrogen) atoms. The van der Waals surface area contributed by atoms with E-state index in [9.17, 15) is 14.0 Å². The number of amides is 2. The van der Waals surface area contributed by atoms with Crippen LogP contribution in [0.25, 0.3) is 0 Å². The number of carbonyl (C=O) groups excluding carboxylic acids is 1. The highest BCUT2D eigenvalue weighted by Crippen LogP contribution is 2.24. The van der Waals surface area contributed by atoms with Crippen LogP contribution in [0.5, 0.6) is 5.75 Å². The second-order valence-electron chi connectivity index (χ2n) is 4.72. The monoisotopic (exact) mass is 298 g/mol. The van der Waals surface area contributed by atoms with E-state index in [1.165, 1.54) is 25.3 Å². The number of carboxylic acid groups (broad SMARTS) is 1. The number of methoxy groups -OCH3 is 1. The maximum Gasteiger partial charge on any atom is 0.319 e. The van der Waals surface area contributed by atoms with Crippen LogP contribution in [0.3, 0.4) is 0 Å². The van der Waals surface area contributed by atoms with Crippen LogP contribution in [0.15, 0.2) is 18.2 Å². The molecule has 1 unspecified atom stereocenters. The van der Waals surface area contributed by atoms with Gasteiger partial charge in [0, 0.05) is 19.0 Å². The van der Waals surface area contributed by atoms with Crippen LogP contribution >= 0.6 is 0 Å². The minimum atomic E-state index is -0.859. The summed E-state index contributed by atoms with van der Waals surface area (Å²) in [5, 5.41) is 13.7. The zero-order chi connectivity index (χ0) is 15.8. The van der Waals surface area contributed by atoms with Gasteiger partial charge in [-0.15, -0.1) is 0 Å². The van der Waals surface area contributed by atoms with E-state index in [1.54, 1.807) is 0 Å². The number of nitrogens with one attached hydrogen (secondary N) is 2. The number of ether oxygens (including phenoxy) is 1. The normalized spacial score (nSPS) is 11.6. The van der Waals surface area contributed by atoms with Crippen molar-refractivity contribution in [3.8, 4) is 5.75 Å². The van der Waals surface area contributed by atoms with Gasteiger partial charge in [-0.2, -0.15) is 0 Å². The molecule has 0 saturated carbocycles. The molecule has 7 heteroatoms. The molecule has 116 valence electrons. The van der Waals surface area contributed by atoms with E-state index in [1.807, 2.05) is 6.92 Å². The number of carbonyl (C=O) groups is 2. The molecule has 6 nitrogen and oxygen atoms in total. The van der Waals surface area contributed by atoms with Gasteiger partial charge < -0.3 is 20.5 Å². The van der Waals surface area contributed by atoms with Crippen molar-refractivity contribution < 1.29 is 23.8 Å². The first-order valence-corrected chi connectivity index (χ1v) is 6.52. The summed E-state index contributed by atoms with van der Waals surface area (Å²) in [7, 11) is 1.38. The van der Waals surface area contributed by atoms with E-state index in [2.05, 4.69) is 10.6 Å². The number of benzene rings is 1. The van der Waals surface area contributed by atoms with E-state index in [0.29, 0.717) is 18.7 Å². The lowest BCUT2D eigenvalue weighted by Crippen LogP contribution is -2.32. The van der Waals surface area contributed by atoms with Gasteiger partial charge in [-0.05, 0) is 24.5 Å². The standard InChI is InChI=1S/C14H19FN2O4/c1-9(3-6-13(18)19)8-16-14(20)17-11-5-4-10(15)7-12(11)21-2/h4-5,7,9H,3,6,8H2,1-2H3,(H,18,19)(H2,16,17,20). The number of urea groups is 1. The Kier molecular flexibility index (Phi) is 6.45. The highest BCUT2D eigenvalue weighted by atomic mass is 19.1. The van der Waals surface area contributed by atoms with Crippen molar-refractivity contribution in [1.82, 2.24) is 5.32 Å². The topological polar surface area (TPSA) is 87.7 Å². The largest absolute Gasteiger partial charge is 0.494 e. The first-order chi connectivity index (χ1) is 9.92. The summed E-state index contributed by atoms with van der Waals surface area (Å²) < 4.78 is 18.0. The van der Waals surface area contributed by atoms with Gasteiger partial charge in [0.1, 0.15) is 11.6 Å². The van der Waals surface area contributed by atoms with Crippen LogP contribution in [-0.4, -0.2) is 30.8 Å². The minimum absolute atomic E-state index is 0.0435. The Labute approximate surface area is 122 Å². The highest BCUT2D eigenvalue weighted by Gasteiger charge is 2.10. The molecular weight excluding hydrogens is 279 g/mol. The predicted molar refractivity (Wildman–Crippen MR) is 76.0 cm³/mol. The van der Waals surface area contributed by atoms with Gasteiger partial charge in [-0.25, -0.2) is 9.18 Å². The summed E-state index contributed by atoms with van der Waals surface area (Å²) in [6.07, 6.45) is 0.547. The van der Waals surface area contributed by atoms with Crippen LogP contribution in [0.2, 0.25) is 0 Å². The molecule has 2 amide bonds. The summed E-state index contributed by atoms with van der Waals surface area (Å²) >= 11 is 0. The number of carboxylic acids is 1. The average Bonchev–Trinajstić information content (AvgIpc) is 2.44. The summed E-state index contributed by atoms with van der Waals surface area (Å²) in [6.45, 7) is 2.20. The average molecular weight is 298 g/mol. The van der Waals surface area contributed by atoms with Crippen molar-refractivity contribution in [1.29, 1.82) is 0 Å². The molecule has 0 aliphatic rings. The third-order valence-corrected chi connectivity index (χ3v) is 2.87. The summed E-state index contributed by atoms with van der Waals surface area (Å²) in [6, 6.07) is 3.34. The molecule has 1 aromatic rings. The molecule has 1 rings (SSSR count). The maximum absolute atomic E-state index is 13.0. The quantitative estimate of drug-likeness (QED) is 0.721. The molecule has 0 fully saturated rings. The van der Waals surface area contributed by atoms with Gasteiger partial charge in [0.2, 0.25) is 0 Å². The van der Waals surface area contributed by atoms with E-state index >= 15 is 0 Å². The zero-order valence-corrected chi connectivity index (χ0v) is 12.0.